The van der Waals surface area contributed by atoms with Crippen molar-refractivity contribution in [1.29, 1.82) is 5.26 Å². The Morgan fingerprint density at radius 2 is 2.35 bits per heavy atom. The van der Waals surface area contributed by atoms with Crippen LogP contribution in [0.2, 0.25) is 0 Å². The number of benzene rings is 1. The zero-order valence-corrected chi connectivity index (χ0v) is 10.5. The van der Waals surface area contributed by atoms with E-state index < -0.39 is 0 Å². The van der Waals surface area contributed by atoms with Crippen LogP contribution < -0.4 is 5.32 Å². The Labute approximate surface area is 105 Å². The number of hydrogen-bond acceptors (Lipinski definition) is 3. The van der Waals surface area contributed by atoms with Gasteiger partial charge in [-0.15, -0.1) is 0 Å². The Morgan fingerprint density at radius 1 is 1.59 bits per heavy atom. The van der Waals surface area contributed by atoms with Gasteiger partial charge in [-0.05, 0) is 37.3 Å². The number of nitriles is 1. The summed E-state index contributed by atoms with van der Waals surface area (Å²) in [5, 5.41) is 11.7. The molecule has 0 aliphatic heterocycles. The van der Waals surface area contributed by atoms with Gasteiger partial charge in [-0.25, -0.2) is 0 Å². The summed E-state index contributed by atoms with van der Waals surface area (Å²) in [6.07, 6.45) is 4.43. The molecule has 1 N–H and O–H groups in total. The molecule has 1 aromatic rings. The minimum absolute atomic E-state index is 0.0950. The van der Waals surface area contributed by atoms with Crippen molar-refractivity contribution in [3.05, 3.63) is 35.4 Å². The Balaban J connectivity index is 1.98. The topological polar surface area (TPSA) is 52.9 Å². The van der Waals surface area contributed by atoms with E-state index in [1.165, 1.54) is 12.8 Å². The molecule has 4 heteroatoms. The SMILES string of the molecule is CSC1(CNC(=O)c2cccc(C#N)c2)CC1. The van der Waals surface area contributed by atoms with Gasteiger partial charge < -0.3 is 5.32 Å². The van der Waals surface area contributed by atoms with E-state index in [0.717, 1.165) is 0 Å². The second-order valence-corrected chi connectivity index (χ2v) is 5.54. The molecule has 0 spiro atoms. The zero-order chi connectivity index (χ0) is 12.3. The van der Waals surface area contributed by atoms with Crippen LogP contribution in [0.1, 0.15) is 28.8 Å². The van der Waals surface area contributed by atoms with Crippen LogP contribution in [-0.4, -0.2) is 23.5 Å². The van der Waals surface area contributed by atoms with Gasteiger partial charge in [-0.1, -0.05) is 6.07 Å². The van der Waals surface area contributed by atoms with Crippen LogP contribution in [0.3, 0.4) is 0 Å². The Bertz CT molecular complexity index is 475. The first-order valence-corrected chi connectivity index (χ1v) is 6.75. The number of hydrogen-bond donors (Lipinski definition) is 1. The number of nitrogens with zero attached hydrogens (tertiary/aromatic N) is 1. The predicted molar refractivity (Wildman–Crippen MR) is 69.0 cm³/mol. The molecule has 0 aromatic heterocycles. The largest absolute Gasteiger partial charge is 0.351 e. The quantitative estimate of drug-likeness (QED) is 0.886. The Morgan fingerprint density at radius 3 is 2.94 bits per heavy atom. The van der Waals surface area contributed by atoms with E-state index in [9.17, 15) is 4.79 Å². The summed E-state index contributed by atoms with van der Waals surface area (Å²) in [4.78, 5) is 11.9. The van der Waals surface area contributed by atoms with E-state index in [1.54, 1.807) is 24.3 Å². The van der Waals surface area contributed by atoms with E-state index in [4.69, 9.17) is 5.26 Å². The third kappa shape index (κ3) is 2.80. The third-order valence-corrected chi connectivity index (χ3v) is 4.48. The van der Waals surface area contributed by atoms with Gasteiger partial charge in [0.15, 0.2) is 0 Å². The summed E-state index contributed by atoms with van der Waals surface area (Å²) >= 11 is 1.82. The normalized spacial score (nSPS) is 16.0. The number of carbonyl (C=O) groups excluding carboxylic acids is 1. The van der Waals surface area contributed by atoms with E-state index in [2.05, 4.69) is 11.6 Å². The fourth-order valence-corrected chi connectivity index (χ4v) is 2.39. The minimum atomic E-state index is -0.0950. The first-order valence-electron chi connectivity index (χ1n) is 5.53. The smallest absolute Gasteiger partial charge is 0.251 e. The van der Waals surface area contributed by atoms with Crippen LogP contribution in [0.15, 0.2) is 24.3 Å². The average Bonchev–Trinajstić information content (AvgIpc) is 3.17. The predicted octanol–water partition coefficient (Wildman–Crippen LogP) is 2.18. The molecule has 0 saturated heterocycles. The van der Waals surface area contributed by atoms with Crippen molar-refractivity contribution < 1.29 is 4.79 Å². The van der Waals surface area contributed by atoms with Crippen molar-refractivity contribution >= 4 is 17.7 Å². The molecule has 0 heterocycles. The van der Waals surface area contributed by atoms with E-state index in [-0.39, 0.29) is 10.7 Å². The number of thioether (sulfide) groups is 1. The lowest BCUT2D eigenvalue weighted by Crippen LogP contribution is -2.31. The second-order valence-electron chi connectivity index (χ2n) is 4.26. The molecule has 0 unspecified atom stereocenters. The fraction of sp³-hybridized carbons (Fsp3) is 0.385. The summed E-state index contributed by atoms with van der Waals surface area (Å²) in [7, 11) is 0. The molecule has 1 aliphatic carbocycles. The summed E-state index contributed by atoms with van der Waals surface area (Å²) in [6, 6.07) is 8.81. The molecule has 17 heavy (non-hydrogen) atoms. The highest BCUT2D eigenvalue weighted by Crippen LogP contribution is 2.46. The Hall–Kier alpha value is -1.47. The van der Waals surface area contributed by atoms with Gasteiger partial charge in [0.25, 0.3) is 5.91 Å². The lowest BCUT2D eigenvalue weighted by molar-refractivity contribution is 0.0953. The van der Waals surface area contributed by atoms with E-state index in [0.29, 0.717) is 17.7 Å². The van der Waals surface area contributed by atoms with Gasteiger partial charge in [0.05, 0.1) is 11.6 Å². The highest BCUT2D eigenvalue weighted by Gasteiger charge is 2.41. The lowest BCUT2D eigenvalue weighted by atomic mass is 10.1. The van der Waals surface area contributed by atoms with Gasteiger partial charge in [0.2, 0.25) is 0 Å². The van der Waals surface area contributed by atoms with Gasteiger partial charge in [0, 0.05) is 16.9 Å². The van der Waals surface area contributed by atoms with Crippen LogP contribution in [0, 0.1) is 11.3 Å². The first kappa shape index (κ1) is 12.0. The van der Waals surface area contributed by atoms with Gasteiger partial charge >= 0.3 is 0 Å². The van der Waals surface area contributed by atoms with Crippen molar-refractivity contribution in [2.75, 3.05) is 12.8 Å². The molecule has 1 aromatic carbocycles. The number of amides is 1. The van der Waals surface area contributed by atoms with Crippen molar-refractivity contribution in [1.82, 2.24) is 5.32 Å². The molecule has 0 atom stereocenters. The maximum Gasteiger partial charge on any atom is 0.251 e. The van der Waals surface area contributed by atoms with Crippen LogP contribution in [0.4, 0.5) is 0 Å². The summed E-state index contributed by atoms with van der Waals surface area (Å²) < 4.78 is 0.266. The van der Waals surface area contributed by atoms with Gasteiger partial charge in [0.1, 0.15) is 0 Å². The van der Waals surface area contributed by atoms with Gasteiger partial charge in [-0.2, -0.15) is 17.0 Å². The molecule has 2 rings (SSSR count). The lowest BCUT2D eigenvalue weighted by Gasteiger charge is -2.12. The number of rotatable bonds is 4. The standard InChI is InChI=1S/C13H14N2OS/c1-17-13(5-6-13)9-15-12(16)11-4-2-3-10(7-11)8-14/h2-4,7H,5-6,9H2,1H3,(H,15,16). The summed E-state index contributed by atoms with van der Waals surface area (Å²) in [6.45, 7) is 0.712. The molecule has 0 radical (unpaired) electrons. The third-order valence-electron chi connectivity index (χ3n) is 3.07. The highest BCUT2D eigenvalue weighted by atomic mass is 32.2. The zero-order valence-electron chi connectivity index (χ0n) is 9.69. The van der Waals surface area contributed by atoms with Crippen LogP contribution in [0.25, 0.3) is 0 Å². The van der Waals surface area contributed by atoms with E-state index >= 15 is 0 Å². The van der Waals surface area contributed by atoms with Crippen molar-refractivity contribution in [2.24, 2.45) is 0 Å². The van der Waals surface area contributed by atoms with Crippen LogP contribution >= 0.6 is 11.8 Å². The number of carbonyl (C=O) groups is 1. The molecule has 1 aliphatic rings. The molecule has 1 fully saturated rings. The first-order chi connectivity index (χ1) is 8.19. The maximum atomic E-state index is 11.9. The second kappa shape index (κ2) is 4.80. The van der Waals surface area contributed by atoms with Crippen LogP contribution in [-0.2, 0) is 0 Å². The van der Waals surface area contributed by atoms with E-state index in [1.807, 2.05) is 17.8 Å². The molecule has 88 valence electrons. The molecular formula is C13H14N2OS. The van der Waals surface area contributed by atoms with Crippen molar-refractivity contribution in [3.8, 4) is 6.07 Å². The minimum Gasteiger partial charge on any atom is -0.351 e. The molecule has 1 amide bonds. The van der Waals surface area contributed by atoms with Gasteiger partial charge in [-0.3, -0.25) is 4.79 Å². The molecule has 3 nitrogen and oxygen atoms in total. The van der Waals surface area contributed by atoms with Crippen LogP contribution in [0.5, 0.6) is 0 Å². The van der Waals surface area contributed by atoms with Crippen molar-refractivity contribution in [3.63, 3.8) is 0 Å². The highest BCUT2D eigenvalue weighted by molar-refractivity contribution is 8.00. The number of nitrogens with one attached hydrogen (secondary N) is 1. The molecule has 1 saturated carbocycles. The average molecular weight is 246 g/mol. The fourth-order valence-electron chi connectivity index (χ4n) is 1.67. The molecular weight excluding hydrogens is 232 g/mol. The Kier molecular flexibility index (Phi) is 3.39. The maximum absolute atomic E-state index is 11.9. The van der Waals surface area contributed by atoms with Crippen molar-refractivity contribution in [2.45, 2.75) is 17.6 Å². The summed E-state index contributed by atoms with van der Waals surface area (Å²) in [5.41, 5.74) is 1.07. The molecule has 0 bridgehead atoms. The monoisotopic (exact) mass is 246 g/mol. The summed E-state index contributed by atoms with van der Waals surface area (Å²) in [5.74, 6) is -0.0950.